The molecule has 0 bridgehead atoms. The van der Waals surface area contributed by atoms with E-state index in [4.69, 9.17) is 0 Å². The average molecular weight is 216 g/mol. The Kier molecular flexibility index (Phi) is 3.30. The summed E-state index contributed by atoms with van der Waals surface area (Å²) in [5.41, 5.74) is 3.72. The van der Waals surface area contributed by atoms with Crippen molar-refractivity contribution in [2.24, 2.45) is 0 Å². The molecular formula is C13H12OS. The number of benzene rings is 1. The summed E-state index contributed by atoms with van der Waals surface area (Å²) in [6.07, 6.45) is 2.41. The molecule has 2 aromatic rings. The summed E-state index contributed by atoms with van der Waals surface area (Å²) in [5.74, 6) is 0. The highest BCUT2D eigenvalue weighted by molar-refractivity contribution is 7.08. The van der Waals surface area contributed by atoms with Crippen LogP contribution in [0.25, 0.3) is 11.1 Å². The highest BCUT2D eigenvalue weighted by atomic mass is 32.1. The van der Waals surface area contributed by atoms with Crippen LogP contribution in [0, 0.1) is 0 Å². The SMILES string of the molecule is O=CCCc1cccc(-c2ccsc2)c1. The fraction of sp³-hybridized carbons (Fsp3) is 0.154. The van der Waals surface area contributed by atoms with Gasteiger partial charge in [-0.25, -0.2) is 0 Å². The smallest absolute Gasteiger partial charge is 0.120 e. The topological polar surface area (TPSA) is 17.1 Å². The fourth-order valence-electron chi connectivity index (χ4n) is 1.56. The van der Waals surface area contributed by atoms with Crippen molar-refractivity contribution >= 4 is 17.6 Å². The average Bonchev–Trinajstić information content (AvgIpc) is 2.80. The molecule has 2 rings (SSSR count). The fourth-order valence-corrected chi connectivity index (χ4v) is 2.23. The van der Waals surface area contributed by atoms with E-state index >= 15 is 0 Å². The molecular weight excluding hydrogens is 204 g/mol. The van der Waals surface area contributed by atoms with Crippen LogP contribution in [0.5, 0.6) is 0 Å². The van der Waals surface area contributed by atoms with Crippen LogP contribution < -0.4 is 0 Å². The summed E-state index contributed by atoms with van der Waals surface area (Å²) in [5, 5.41) is 4.21. The highest BCUT2D eigenvalue weighted by Crippen LogP contribution is 2.23. The van der Waals surface area contributed by atoms with Crippen LogP contribution in [0.3, 0.4) is 0 Å². The second kappa shape index (κ2) is 4.89. The van der Waals surface area contributed by atoms with Crippen LogP contribution in [-0.2, 0) is 11.2 Å². The lowest BCUT2D eigenvalue weighted by atomic mass is 10.0. The number of aldehydes is 1. The second-order valence-corrected chi connectivity index (χ2v) is 4.20. The van der Waals surface area contributed by atoms with Gasteiger partial charge in [0.25, 0.3) is 0 Å². The quantitative estimate of drug-likeness (QED) is 0.714. The van der Waals surface area contributed by atoms with Gasteiger partial charge in [0.05, 0.1) is 0 Å². The maximum Gasteiger partial charge on any atom is 0.120 e. The first-order chi connectivity index (χ1) is 7.40. The van der Waals surface area contributed by atoms with Crippen molar-refractivity contribution in [1.29, 1.82) is 0 Å². The summed E-state index contributed by atoms with van der Waals surface area (Å²) in [7, 11) is 0. The molecule has 0 saturated carbocycles. The molecule has 0 unspecified atom stereocenters. The normalized spacial score (nSPS) is 10.1. The Balaban J connectivity index is 2.23. The van der Waals surface area contributed by atoms with Crippen LogP contribution in [-0.4, -0.2) is 6.29 Å². The van der Waals surface area contributed by atoms with Gasteiger partial charge in [0.15, 0.2) is 0 Å². The molecule has 0 aliphatic heterocycles. The largest absolute Gasteiger partial charge is 0.303 e. The van der Waals surface area contributed by atoms with Gasteiger partial charge >= 0.3 is 0 Å². The number of rotatable bonds is 4. The first kappa shape index (κ1) is 10.1. The molecule has 0 atom stereocenters. The minimum Gasteiger partial charge on any atom is -0.303 e. The van der Waals surface area contributed by atoms with E-state index in [2.05, 4.69) is 35.0 Å². The van der Waals surface area contributed by atoms with Gasteiger partial charge in [-0.3, -0.25) is 0 Å². The minimum absolute atomic E-state index is 0.604. The van der Waals surface area contributed by atoms with Crippen molar-refractivity contribution in [3.63, 3.8) is 0 Å². The number of thiophene rings is 1. The van der Waals surface area contributed by atoms with Gasteiger partial charge < -0.3 is 4.79 Å². The lowest BCUT2D eigenvalue weighted by Crippen LogP contribution is -1.86. The number of aryl methyl sites for hydroxylation is 1. The molecule has 0 spiro atoms. The zero-order chi connectivity index (χ0) is 10.5. The van der Waals surface area contributed by atoms with Crippen molar-refractivity contribution in [2.45, 2.75) is 12.8 Å². The van der Waals surface area contributed by atoms with Crippen LogP contribution >= 0.6 is 11.3 Å². The number of hydrogen-bond donors (Lipinski definition) is 0. The van der Waals surface area contributed by atoms with Crippen molar-refractivity contribution in [1.82, 2.24) is 0 Å². The van der Waals surface area contributed by atoms with Gasteiger partial charge in [-0.15, -0.1) is 0 Å². The van der Waals surface area contributed by atoms with E-state index in [1.807, 2.05) is 6.07 Å². The maximum atomic E-state index is 10.3. The molecule has 0 aliphatic carbocycles. The Labute approximate surface area is 93.4 Å². The van der Waals surface area contributed by atoms with Crippen molar-refractivity contribution in [2.75, 3.05) is 0 Å². The third-order valence-corrected chi connectivity index (χ3v) is 3.02. The second-order valence-electron chi connectivity index (χ2n) is 3.42. The summed E-state index contributed by atoms with van der Waals surface area (Å²) in [6.45, 7) is 0. The van der Waals surface area contributed by atoms with E-state index in [1.165, 1.54) is 16.7 Å². The Morgan fingerprint density at radius 3 is 2.87 bits per heavy atom. The molecule has 1 nitrogen and oxygen atoms in total. The van der Waals surface area contributed by atoms with Crippen LogP contribution in [0.15, 0.2) is 41.1 Å². The summed E-state index contributed by atoms with van der Waals surface area (Å²) < 4.78 is 0. The van der Waals surface area contributed by atoms with E-state index in [0.29, 0.717) is 6.42 Å². The molecule has 1 heterocycles. The Morgan fingerprint density at radius 2 is 2.13 bits per heavy atom. The van der Waals surface area contributed by atoms with Gasteiger partial charge in [0.1, 0.15) is 6.29 Å². The van der Waals surface area contributed by atoms with Crippen molar-refractivity contribution in [3.8, 4) is 11.1 Å². The molecule has 0 N–H and O–H groups in total. The molecule has 1 aromatic heterocycles. The highest BCUT2D eigenvalue weighted by Gasteiger charge is 1.99. The molecule has 0 saturated heterocycles. The predicted molar refractivity (Wildman–Crippen MR) is 64.1 cm³/mol. The van der Waals surface area contributed by atoms with Gasteiger partial charge in [-0.2, -0.15) is 11.3 Å². The van der Waals surface area contributed by atoms with Crippen LogP contribution in [0.2, 0.25) is 0 Å². The third kappa shape index (κ3) is 2.54. The number of carbonyl (C=O) groups excluding carboxylic acids is 1. The molecule has 0 radical (unpaired) electrons. The van der Waals surface area contributed by atoms with Gasteiger partial charge in [0, 0.05) is 6.42 Å². The first-order valence-electron chi connectivity index (χ1n) is 4.95. The molecule has 2 heteroatoms. The zero-order valence-corrected chi connectivity index (χ0v) is 9.17. The van der Waals surface area contributed by atoms with E-state index in [1.54, 1.807) is 11.3 Å². The summed E-state index contributed by atoms with van der Waals surface area (Å²) in [6, 6.07) is 10.5. The Morgan fingerprint density at radius 1 is 1.20 bits per heavy atom. The zero-order valence-electron chi connectivity index (χ0n) is 8.35. The predicted octanol–water partition coefficient (Wildman–Crippen LogP) is 3.55. The third-order valence-electron chi connectivity index (χ3n) is 2.33. The molecule has 1 aromatic carbocycles. The van der Waals surface area contributed by atoms with E-state index in [9.17, 15) is 4.79 Å². The van der Waals surface area contributed by atoms with Gasteiger partial charge in [-0.05, 0) is 39.9 Å². The van der Waals surface area contributed by atoms with Crippen molar-refractivity contribution in [3.05, 3.63) is 46.7 Å². The van der Waals surface area contributed by atoms with E-state index in [0.717, 1.165) is 12.7 Å². The standard InChI is InChI=1S/C13H12OS/c14-7-2-4-11-3-1-5-12(9-11)13-6-8-15-10-13/h1,3,5-10H,2,4H2. The molecule has 0 fully saturated rings. The maximum absolute atomic E-state index is 10.3. The summed E-state index contributed by atoms with van der Waals surface area (Å²) in [4.78, 5) is 10.3. The summed E-state index contributed by atoms with van der Waals surface area (Å²) >= 11 is 1.70. The molecule has 15 heavy (non-hydrogen) atoms. The number of hydrogen-bond acceptors (Lipinski definition) is 2. The van der Waals surface area contributed by atoms with E-state index < -0.39 is 0 Å². The molecule has 0 amide bonds. The van der Waals surface area contributed by atoms with Gasteiger partial charge in [0.2, 0.25) is 0 Å². The lowest BCUT2D eigenvalue weighted by Gasteiger charge is -2.01. The number of carbonyl (C=O) groups is 1. The van der Waals surface area contributed by atoms with E-state index in [-0.39, 0.29) is 0 Å². The van der Waals surface area contributed by atoms with Crippen LogP contribution in [0.1, 0.15) is 12.0 Å². The van der Waals surface area contributed by atoms with Gasteiger partial charge in [-0.1, -0.05) is 24.3 Å². The van der Waals surface area contributed by atoms with Crippen molar-refractivity contribution < 1.29 is 4.79 Å². The monoisotopic (exact) mass is 216 g/mol. The first-order valence-corrected chi connectivity index (χ1v) is 5.89. The molecule has 76 valence electrons. The van der Waals surface area contributed by atoms with Crippen LogP contribution in [0.4, 0.5) is 0 Å². The Hall–Kier alpha value is -1.41. The lowest BCUT2D eigenvalue weighted by molar-refractivity contribution is -0.107. The minimum atomic E-state index is 0.604. The Bertz CT molecular complexity index is 432. The molecule has 0 aliphatic rings.